The number of sulfonamides is 1. The second-order valence-corrected chi connectivity index (χ2v) is 11.1. The fourth-order valence-electron chi connectivity index (χ4n) is 3.51. The SMILES string of the molecule is CC(C=O)(CC1CC1)c1nc(-c2ccc(Cl)cc2)c(-c2ccc(S(N)(=O)=O)cc2F)s1. The van der Waals surface area contributed by atoms with Crippen molar-refractivity contribution in [3.05, 3.63) is 58.3 Å². The third-order valence-electron chi connectivity index (χ3n) is 5.42. The van der Waals surface area contributed by atoms with E-state index in [1.807, 2.05) is 6.92 Å². The van der Waals surface area contributed by atoms with Gasteiger partial charge in [-0.05, 0) is 49.6 Å². The maximum atomic E-state index is 15.0. The molecule has 4 rings (SSSR count). The molecule has 1 aliphatic carbocycles. The number of hydrogen-bond acceptors (Lipinski definition) is 5. The number of halogens is 2. The van der Waals surface area contributed by atoms with Crippen LogP contribution in [0.25, 0.3) is 21.7 Å². The van der Waals surface area contributed by atoms with E-state index >= 15 is 4.39 Å². The highest BCUT2D eigenvalue weighted by atomic mass is 35.5. The minimum absolute atomic E-state index is 0.195. The molecule has 2 N–H and O–H groups in total. The lowest BCUT2D eigenvalue weighted by molar-refractivity contribution is -0.112. The Morgan fingerprint density at radius 2 is 1.94 bits per heavy atom. The van der Waals surface area contributed by atoms with Crippen LogP contribution in [-0.2, 0) is 20.2 Å². The predicted octanol–water partition coefficient (Wildman–Crippen LogP) is 5.17. The van der Waals surface area contributed by atoms with E-state index in [1.165, 1.54) is 23.5 Å². The van der Waals surface area contributed by atoms with Crippen LogP contribution in [-0.4, -0.2) is 19.7 Å². The Labute approximate surface area is 189 Å². The van der Waals surface area contributed by atoms with Crippen molar-refractivity contribution in [2.24, 2.45) is 11.1 Å². The molecular weight excluding hydrogens is 459 g/mol. The van der Waals surface area contributed by atoms with Gasteiger partial charge < -0.3 is 4.79 Å². The number of aromatic nitrogens is 1. The molecule has 2 aromatic carbocycles. The summed E-state index contributed by atoms with van der Waals surface area (Å²) in [7, 11) is -4.03. The molecule has 0 saturated heterocycles. The van der Waals surface area contributed by atoms with Gasteiger partial charge in [-0.25, -0.2) is 22.9 Å². The Kier molecular flexibility index (Phi) is 5.76. The number of benzene rings is 2. The van der Waals surface area contributed by atoms with Crippen molar-refractivity contribution in [2.45, 2.75) is 36.5 Å². The van der Waals surface area contributed by atoms with E-state index in [0.717, 1.165) is 30.8 Å². The number of primary sulfonamides is 1. The zero-order valence-corrected chi connectivity index (χ0v) is 19.0. The van der Waals surface area contributed by atoms with Crippen LogP contribution in [0.1, 0.15) is 31.2 Å². The third kappa shape index (κ3) is 4.57. The number of carbonyl (C=O) groups is 1. The Balaban J connectivity index is 1.89. The van der Waals surface area contributed by atoms with Crippen LogP contribution in [0.15, 0.2) is 47.4 Å². The zero-order chi connectivity index (χ0) is 22.4. The smallest absolute Gasteiger partial charge is 0.238 e. The van der Waals surface area contributed by atoms with Crippen molar-refractivity contribution in [2.75, 3.05) is 0 Å². The predicted molar refractivity (Wildman–Crippen MR) is 120 cm³/mol. The van der Waals surface area contributed by atoms with Gasteiger partial charge in [0, 0.05) is 16.1 Å². The number of carbonyl (C=O) groups excluding carboxylic acids is 1. The first-order valence-electron chi connectivity index (χ1n) is 9.67. The summed E-state index contributed by atoms with van der Waals surface area (Å²) >= 11 is 7.26. The van der Waals surface area contributed by atoms with Gasteiger partial charge in [0.05, 0.1) is 20.9 Å². The first-order valence-corrected chi connectivity index (χ1v) is 12.4. The topological polar surface area (TPSA) is 90.1 Å². The standard InChI is InChI=1S/C22H20ClFN2O3S2/c1-22(12-27,11-13-2-3-13)21-26-19(14-4-6-15(23)7-5-14)20(30-21)17-9-8-16(10-18(17)24)31(25,28)29/h4-10,12-13H,2-3,11H2,1H3,(H2,25,28,29). The van der Waals surface area contributed by atoms with Crippen molar-refractivity contribution in [1.29, 1.82) is 0 Å². The van der Waals surface area contributed by atoms with Crippen molar-refractivity contribution in [3.63, 3.8) is 0 Å². The van der Waals surface area contributed by atoms with E-state index in [2.05, 4.69) is 0 Å². The second kappa shape index (κ2) is 8.09. The Hall–Kier alpha value is -2.13. The van der Waals surface area contributed by atoms with Crippen LogP contribution >= 0.6 is 22.9 Å². The normalized spacial score (nSPS) is 16.1. The van der Waals surface area contributed by atoms with E-state index < -0.39 is 21.3 Å². The van der Waals surface area contributed by atoms with Crippen LogP contribution in [0.5, 0.6) is 0 Å². The number of thiazole rings is 1. The number of nitrogens with two attached hydrogens (primary N) is 1. The summed E-state index contributed by atoms with van der Waals surface area (Å²) in [5.41, 5.74) is 0.655. The van der Waals surface area contributed by atoms with E-state index in [9.17, 15) is 13.2 Å². The largest absolute Gasteiger partial charge is 0.302 e. The van der Waals surface area contributed by atoms with Gasteiger partial charge in [0.25, 0.3) is 0 Å². The molecule has 162 valence electrons. The molecule has 1 heterocycles. The Morgan fingerprint density at radius 3 is 2.48 bits per heavy atom. The molecule has 5 nitrogen and oxygen atoms in total. The molecule has 1 aliphatic rings. The molecule has 3 aromatic rings. The van der Waals surface area contributed by atoms with Crippen LogP contribution in [0.3, 0.4) is 0 Å². The van der Waals surface area contributed by atoms with Gasteiger partial charge in [-0.15, -0.1) is 11.3 Å². The van der Waals surface area contributed by atoms with Gasteiger partial charge in [-0.3, -0.25) is 0 Å². The summed E-state index contributed by atoms with van der Waals surface area (Å²) in [6, 6.07) is 10.5. The summed E-state index contributed by atoms with van der Waals surface area (Å²) in [5, 5.41) is 6.28. The summed E-state index contributed by atoms with van der Waals surface area (Å²) in [5.74, 6) is -0.237. The summed E-state index contributed by atoms with van der Waals surface area (Å²) in [6.45, 7) is 1.85. The molecule has 1 atom stereocenters. The number of hydrogen-bond donors (Lipinski definition) is 1. The monoisotopic (exact) mass is 478 g/mol. The van der Waals surface area contributed by atoms with Crippen LogP contribution in [0.2, 0.25) is 5.02 Å². The van der Waals surface area contributed by atoms with Crippen molar-refractivity contribution < 1.29 is 17.6 Å². The van der Waals surface area contributed by atoms with E-state index in [4.69, 9.17) is 21.7 Å². The van der Waals surface area contributed by atoms with Crippen molar-refractivity contribution in [1.82, 2.24) is 4.98 Å². The van der Waals surface area contributed by atoms with Crippen LogP contribution in [0.4, 0.5) is 4.39 Å². The van der Waals surface area contributed by atoms with Gasteiger partial charge >= 0.3 is 0 Å². The molecule has 1 fully saturated rings. The first-order chi connectivity index (χ1) is 14.6. The van der Waals surface area contributed by atoms with Crippen molar-refractivity contribution >= 4 is 39.2 Å². The molecule has 0 aliphatic heterocycles. The molecule has 1 saturated carbocycles. The highest BCUT2D eigenvalue weighted by Gasteiger charge is 2.38. The molecule has 0 bridgehead atoms. The number of nitrogens with zero attached hydrogens (tertiary/aromatic N) is 1. The van der Waals surface area contributed by atoms with Gasteiger partial charge in [0.2, 0.25) is 10.0 Å². The Bertz CT molecular complexity index is 1250. The number of rotatable bonds is 7. The van der Waals surface area contributed by atoms with Gasteiger partial charge in [-0.1, -0.05) is 36.6 Å². The maximum Gasteiger partial charge on any atom is 0.238 e. The quantitative estimate of drug-likeness (QED) is 0.474. The van der Waals surface area contributed by atoms with E-state index in [-0.39, 0.29) is 10.5 Å². The lowest BCUT2D eigenvalue weighted by Gasteiger charge is -2.19. The van der Waals surface area contributed by atoms with Crippen LogP contribution < -0.4 is 5.14 Å². The molecule has 0 radical (unpaired) electrons. The lowest BCUT2D eigenvalue weighted by Crippen LogP contribution is -2.24. The van der Waals surface area contributed by atoms with E-state index in [1.54, 1.807) is 24.3 Å². The highest BCUT2D eigenvalue weighted by Crippen LogP contribution is 2.46. The Morgan fingerprint density at radius 1 is 1.26 bits per heavy atom. The van der Waals surface area contributed by atoms with Crippen molar-refractivity contribution in [3.8, 4) is 21.7 Å². The van der Waals surface area contributed by atoms with Gasteiger partial charge in [0.15, 0.2) is 0 Å². The van der Waals surface area contributed by atoms with Gasteiger partial charge in [-0.2, -0.15) is 0 Å². The molecule has 9 heteroatoms. The molecule has 0 spiro atoms. The highest BCUT2D eigenvalue weighted by molar-refractivity contribution is 7.89. The summed E-state index contributed by atoms with van der Waals surface area (Å²) in [6.07, 6.45) is 3.79. The lowest BCUT2D eigenvalue weighted by atomic mass is 9.87. The van der Waals surface area contributed by atoms with Crippen LogP contribution in [0, 0.1) is 11.7 Å². The second-order valence-electron chi connectivity index (χ2n) is 8.07. The minimum atomic E-state index is -4.03. The molecule has 31 heavy (non-hydrogen) atoms. The minimum Gasteiger partial charge on any atom is -0.302 e. The summed E-state index contributed by atoms with van der Waals surface area (Å²) < 4.78 is 38.2. The molecule has 1 aromatic heterocycles. The fraction of sp³-hybridized carbons (Fsp3) is 0.273. The maximum absolute atomic E-state index is 15.0. The van der Waals surface area contributed by atoms with Gasteiger partial charge in [0.1, 0.15) is 17.1 Å². The zero-order valence-electron chi connectivity index (χ0n) is 16.6. The first kappa shape index (κ1) is 22.1. The molecular formula is C22H20ClFN2O3S2. The van der Waals surface area contributed by atoms with E-state index in [0.29, 0.717) is 32.9 Å². The molecule has 0 amide bonds. The average molecular weight is 479 g/mol. The number of aldehydes is 1. The third-order valence-corrected chi connectivity index (χ3v) is 7.95. The molecule has 1 unspecified atom stereocenters. The average Bonchev–Trinajstić information content (AvgIpc) is 3.41. The fourth-order valence-corrected chi connectivity index (χ4v) is 5.40. The summed E-state index contributed by atoms with van der Waals surface area (Å²) in [4.78, 5) is 17.0.